The number of ether oxygens (including phenoxy) is 2. The molecule has 0 radical (unpaired) electrons. The first-order chi connectivity index (χ1) is 8.58. The number of carbonyl (C=O) groups excluding carboxylic acids is 1. The lowest BCUT2D eigenvalue weighted by Gasteiger charge is -2.22. The highest BCUT2D eigenvalue weighted by Crippen LogP contribution is 2.26. The van der Waals surface area contributed by atoms with Crippen molar-refractivity contribution in [3.8, 4) is 0 Å². The number of rotatable bonds is 6. The predicted octanol–water partition coefficient (Wildman–Crippen LogP) is 1.12. The van der Waals surface area contributed by atoms with Gasteiger partial charge < -0.3 is 19.5 Å². The summed E-state index contributed by atoms with van der Waals surface area (Å²) in [5.41, 5.74) is 0. The van der Waals surface area contributed by atoms with Gasteiger partial charge >= 0.3 is 12.1 Å². The average Bonchev–Trinajstić information content (AvgIpc) is 2.68. The van der Waals surface area contributed by atoms with E-state index >= 15 is 0 Å². The second-order valence-electron chi connectivity index (χ2n) is 4.33. The lowest BCUT2D eigenvalue weighted by Crippen LogP contribution is -2.38. The predicted molar refractivity (Wildman–Crippen MR) is 64.3 cm³/mol. The van der Waals surface area contributed by atoms with E-state index in [1.54, 1.807) is 12.0 Å². The van der Waals surface area contributed by atoms with E-state index in [-0.39, 0.29) is 25.0 Å². The second kappa shape index (κ2) is 7.00. The number of carboxylic acids is 1. The zero-order chi connectivity index (χ0) is 13.5. The Balaban J connectivity index is 2.59. The Morgan fingerprint density at radius 2 is 2.28 bits per heavy atom. The van der Waals surface area contributed by atoms with Crippen LogP contribution in [0.3, 0.4) is 0 Å². The molecule has 0 spiro atoms. The number of amides is 1. The largest absolute Gasteiger partial charge is 0.481 e. The number of carboxylic acid groups (broad SMARTS) is 1. The van der Waals surface area contributed by atoms with Crippen molar-refractivity contribution in [1.29, 1.82) is 0 Å². The smallest absolute Gasteiger partial charge is 0.410 e. The van der Waals surface area contributed by atoms with Crippen LogP contribution in [0.15, 0.2) is 12.7 Å². The first kappa shape index (κ1) is 14.5. The minimum absolute atomic E-state index is 0.0427. The molecule has 0 saturated carbocycles. The van der Waals surface area contributed by atoms with Gasteiger partial charge in [-0.1, -0.05) is 12.7 Å². The van der Waals surface area contributed by atoms with Crippen LogP contribution in [0.1, 0.15) is 12.8 Å². The summed E-state index contributed by atoms with van der Waals surface area (Å²) in [4.78, 5) is 24.0. The topological polar surface area (TPSA) is 76.1 Å². The molecular weight excluding hydrogens is 238 g/mol. The van der Waals surface area contributed by atoms with Gasteiger partial charge in [-0.3, -0.25) is 4.79 Å². The molecule has 6 nitrogen and oxygen atoms in total. The first-order valence-corrected chi connectivity index (χ1v) is 5.83. The standard InChI is InChI=1S/C12H19NO5/c1-3-4-18-12(16)13-7-9(6-11(14)15)5-10(13)8-17-2/h3,9-10H,1,4-8H2,2H3,(H,14,15)/t9?,10-/m0/s1. The van der Waals surface area contributed by atoms with Gasteiger partial charge in [-0.25, -0.2) is 4.79 Å². The van der Waals surface area contributed by atoms with Crippen LogP contribution in [0.4, 0.5) is 4.79 Å². The number of hydrogen-bond acceptors (Lipinski definition) is 4. The molecule has 1 N–H and O–H groups in total. The molecule has 18 heavy (non-hydrogen) atoms. The van der Waals surface area contributed by atoms with Gasteiger partial charge in [0.15, 0.2) is 0 Å². The SMILES string of the molecule is C=CCOC(=O)N1CC(CC(=O)O)C[C@H]1COC. The maximum absolute atomic E-state index is 11.8. The molecule has 1 fully saturated rings. The van der Waals surface area contributed by atoms with E-state index in [0.717, 1.165) is 0 Å². The Hall–Kier alpha value is -1.56. The second-order valence-corrected chi connectivity index (χ2v) is 4.33. The minimum atomic E-state index is -0.850. The quantitative estimate of drug-likeness (QED) is 0.722. The molecule has 1 heterocycles. The minimum Gasteiger partial charge on any atom is -0.481 e. The summed E-state index contributed by atoms with van der Waals surface area (Å²) in [6.45, 7) is 4.41. The summed E-state index contributed by atoms with van der Waals surface area (Å²) in [5.74, 6) is -0.892. The van der Waals surface area contributed by atoms with Crippen molar-refractivity contribution in [3.63, 3.8) is 0 Å². The van der Waals surface area contributed by atoms with Crippen molar-refractivity contribution in [2.45, 2.75) is 18.9 Å². The molecule has 0 aromatic carbocycles. The summed E-state index contributed by atoms with van der Waals surface area (Å²) in [7, 11) is 1.55. The van der Waals surface area contributed by atoms with Crippen LogP contribution in [-0.4, -0.2) is 55.0 Å². The third-order valence-electron chi connectivity index (χ3n) is 2.88. The number of likely N-dealkylation sites (tertiary alicyclic amines) is 1. The fourth-order valence-electron chi connectivity index (χ4n) is 2.20. The van der Waals surface area contributed by atoms with E-state index in [1.807, 2.05) is 0 Å². The zero-order valence-electron chi connectivity index (χ0n) is 10.5. The number of carbonyl (C=O) groups is 2. The van der Waals surface area contributed by atoms with Gasteiger partial charge in [0.25, 0.3) is 0 Å². The Labute approximate surface area is 106 Å². The maximum Gasteiger partial charge on any atom is 0.410 e. The normalized spacial score (nSPS) is 22.8. The molecule has 2 atom stereocenters. The van der Waals surface area contributed by atoms with E-state index in [9.17, 15) is 9.59 Å². The van der Waals surface area contributed by atoms with Crippen molar-refractivity contribution in [2.24, 2.45) is 5.92 Å². The lowest BCUT2D eigenvalue weighted by molar-refractivity contribution is -0.138. The fourth-order valence-corrected chi connectivity index (χ4v) is 2.20. The average molecular weight is 257 g/mol. The number of methoxy groups -OCH3 is 1. The molecule has 102 valence electrons. The number of hydrogen-bond donors (Lipinski definition) is 1. The summed E-state index contributed by atoms with van der Waals surface area (Å²) >= 11 is 0. The molecule has 0 aliphatic carbocycles. The van der Waals surface area contributed by atoms with Gasteiger partial charge in [-0.05, 0) is 12.3 Å². The highest BCUT2D eigenvalue weighted by atomic mass is 16.6. The van der Waals surface area contributed by atoms with Crippen molar-refractivity contribution in [1.82, 2.24) is 4.90 Å². The van der Waals surface area contributed by atoms with Gasteiger partial charge in [0.2, 0.25) is 0 Å². The van der Waals surface area contributed by atoms with Gasteiger partial charge in [0.05, 0.1) is 12.6 Å². The van der Waals surface area contributed by atoms with E-state index in [4.69, 9.17) is 14.6 Å². The molecule has 0 bridgehead atoms. The van der Waals surface area contributed by atoms with Gasteiger partial charge in [-0.15, -0.1) is 0 Å². The van der Waals surface area contributed by atoms with E-state index in [1.165, 1.54) is 6.08 Å². The molecule has 1 rings (SSSR count). The van der Waals surface area contributed by atoms with Crippen molar-refractivity contribution in [3.05, 3.63) is 12.7 Å². The molecular formula is C12H19NO5. The van der Waals surface area contributed by atoms with E-state index in [0.29, 0.717) is 19.6 Å². The summed E-state index contributed by atoms with van der Waals surface area (Å²) in [6, 6.07) is -0.114. The van der Waals surface area contributed by atoms with Crippen molar-refractivity contribution >= 4 is 12.1 Å². The Morgan fingerprint density at radius 1 is 1.56 bits per heavy atom. The number of nitrogens with zero attached hydrogens (tertiary/aromatic N) is 1. The zero-order valence-corrected chi connectivity index (χ0v) is 10.5. The third kappa shape index (κ3) is 4.03. The number of aliphatic carboxylic acids is 1. The molecule has 1 amide bonds. The highest BCUT2D eigenvalue weighted by Gasteiger charge is 2.36. The molecule has 1 aliphatic rings. The van der Waals surface area contributed by atoms with Crippen LogP contribution < -0.4 is 0 Å². The van der Waals surface area contributed by atoms with Crippen LogP contribution in [0, 0.1) is 5.92 Å². The Bertz CT molecular complexity index is 318. The fraction of sp³-hybridized carbons (Fsp3) is 0.667. The summed E-state index contributed by atoms with van der Waals surface area (Å²) in [5, 5.41) is 8.78. The van der Waals surface area contributed by atoms with Crippen LogP contribution in [0.2, 0.25) is 0 Å². The molecule has 1 unspecified atom stereocenters. The lowest BCUT2D eigenvalue weighted by atomic mass is 10.0. The maximum atomic E-state index is 11.8. The van der Waals surface area contributed by atoms with Crippen LogP contribution in [0.5, 0.6) is 0 Å². The van der Waals surface area contributed by atoms with Crippen molar-refractivity contribution in [2.75, 3.05) is 26.9 Å². The highest BCUT2D eigenvalue weighted by molar-refractivity contribution is 5.70. The molecule has 6 heteroatoms. The molecule has 0 aromatic rings. The third-order valence-corrected chi connectivity index (χ3v) is 2.88. The van der Waals surface area contributed by atoms with Gasteiger partial charge in [0, 0.05) is 20.1 Å². The van der Waals surface area contributed by atoms with Gasteiger partial charge in [0.1, 0.15) is 6.61 Å². The first-order valence-electron chi connectivity index (χ1n) is 5.83. The van der Waals surface area contributed by atoms with Crippen molar-refractivity contribution < 1.29 is 24.2 Å². The Kier molecular flexibility index (Phi) is 5.64. The van der Waals surface area contributed by atoms with E-state index < -0.39 is 12.1 Å². The van der Waals surface area contributed by atoms with Crippen LogP contribution >= 0.6 is 0 Å². The van der Waals surface area contributed by atoms with E-state index in [2.05, 4.69) is 6.58 Å². The van der Waals surface area contributed by atoms with Crippen LogP contribution in [0.25, 0.3) is 0 Å². The summed E-state index contributed by atoms with van der Waals surface area (Å²) < 4.78 is 10.0. The van der Waals surface area contributed by atoms with Crippen LogP contribution in [-0.2, 0) is 14.3 Å². The summed E-state index contributed by atoms with van der Waals surface area (Å²) in [6.07, 6.45) is 1.74. The molecule has 1 saturated heterocycles. The monoisotopic (exact) mass is 257 g/mol. The Morgan fingerprint density at radius 3 is 2.83 bits per heavy atom. The molecule has 1 aliphatic heterocycles. The molecule has 0 aromatic heterocycles. The van der Waals surface area contributed by atoms with Gasteiger partial charge in [-0.2, -0.15) is 0 Å².